The van der Waals surface area contributed by atoms with Crippen molar-refractivity contribution in [1.82, 2.24) is 0 Å². The summed E-state index contributed by atoms with van der Waals surface area (Å²) in [5.74, 6) is 0.502. The van der Waals surface area contributed by atoms with E-state index in [1.165, 1.54) is 12.1 Å². The van der Waals surface area contributed by atoms with Gasteiger partial charge in [0.15, 0.2) is 11.5 Å². The van der Waals surface area contributed by atoms with Crippen molar-refractivity contribution >= 4 is 33.3 Å². The molecule has 9 heteroatoms. The van der Waals surface area contributed by atoms with Crippen LogP contribution in [0.1, 0.15) is 28.4 Å². The Morgan fingerprint density at radius 2 is 1.84 bits per heavy atom. The van der Waals surface area contributed by atoms with Crippen LogP contribution in [0.3, 0.4) is 0 Å². The highest BCUT2D eigenvalue weighted by Gasteiger charge is 2.20. The number of rotatable bonds is 10. The topological polar surface area (TPSA) is 69.3 Å². The van der Waals surface area contributed by atoms with Crippen LogP contribution < -0.4 is 19.7 Å². The van der Waals surface area contributed by atoms with Crippen LogP contribution in [0.15, 0.2) is 59.1 Å². The lowest BCUT2D eigenvalue weighted by molar-refractivity contribution is 0.0526. The number of benzene rings is 3. The van der Waals surface area contributed by atoms with Gasteiger partial charge in [0.05, 0.1) is 42.7 Å². The SMILES string of the molecule is CCOC(=O)c1cc(NCc2cc(Br)c(OCc3ccc(F)cc3)c(OC)c2)ccc1N1CCOCC1. The minimum atomic E-state index is -0.347. The summed E-state index contributed by atoms with van der Waals surface area (Å²) in [6.45, 7) is 5.58. The third-order valence-electron chi connectivity index (χ3n) is 5.93. The molecular weight excluding hydrogens is 543 g/mol. The highest BCUT2D eigenvalue weighted by atomic mass is 79.9. The van der Waals surface area contributed by atoms with Crippen molar-refractivity contribution in [2.24, 2.45) is 0 Å². The second-order valence-corrected chi connectivity index (χ2v) is 9.28. The van der Waals surface area contributed by atoms with Crippen molar-refractivity contribution in [2.45, 2.75) is 20.1 Å². The molecule has 1 fully saturated rings. The zero-order valence-corrected chi connectivity index (χ0v) is 22.5. The molecule has 196 valence electrons. The third-order valence-corrected chi connectivity index (χ3v) is 6.52. The summed E-state index contributed by atoms with van der Waals surface area (Å²) in [4.78, 5) is 14.9. The number of morpholine rings is 1. The van der Waals surface area contributed by atoms with Crippen molar-refractivity contribution in [3.8, 4) is 11.5 Å². The molecule has 0 spiro atoms. The highest BCUT2D eigenvalue weighted by molar-refractivity contribution is 9.10. The fourth-order valence-electron chi connectivity index (χ4n) is 4.05. The van der Waals surface area contributed by atoms with Crippen LogP contribution in [-0.4, -0.2) is 46.0 Å². The van der Waals surface area contributed by atoms with Crippen molar-refractivity contribution in [3.63, 3.8) is 0 Å². The number of methoxy groups -OCH3 is 1. The molecule has 0 bridgehead atoms. The maximum Gasteiger partial charge on any atom is 0.340 e. The molecule has 4 rings (SSSR count). The van der Waals surface area contributed by atoms with E-state index in [0.29, 0.717) is 43.4 Å². The van der Waals surface area contributed by atoms with Gasteiger partial charge in [-0.1, -0.05) is 12.1 Å². The lowest BCUT2D eigenvalue weighted by Gasteiger charge is -2.30. The van der Waals surface area contributed by atoms with Crippen molar-refractivity contribution in [1.29, 1.82) is 0 Å². The molecule has 0 radical (unpaired) electrons. The second-order valence-electron chi connectivity index (χ2n) is 8.43. The van der Waals surface area contributed by atoms with E-state index >= 15 is 0 Å². The summed E-state index contributed by atoms with van der Waals surface area (Å²) in [7, 11) is 1.58. The average Bonchev–Trinajstić information content (AvgIpc) is 2.92. The zero-order chi connectivity index (χ0) is 26.2. The van der Waals surface area contributed by atoms with Gasteiger partial charge in [-0.05, 0) is 76.4 Å². The van der Waals surface area contributed by atoms with E-state index in [4.69, 9.17) is 18.9 Å². The van der Waals surface area contributed by atoms with Gasteiger partial charge in [-0.25, -0.2) is 9.18 Å². The van der Waals surface area contributed by atoms with Gasteiger partial charge in [-0.2, -0.15) is 0 Å². The number of nitrogens with zero attached hydrogens (tertiary/aromatic N) is 1. The quantitative estimate of drug-likeness (QED) is 0.308. The van der Waals surface area contributed by atoms with Crippen molar-refractivity contribution in [3.05, 3.63) is 81.6 Å². The molecule has 0 amide bonds. The smallest absolute Gasteiger partial charge is 0.340 e. The van der Waals surface area contributed by atoms with E-state index in [9.17, 15) is 9.18 Å². The minimum Gasteiger partial charge on any atom is -0.493 e. The summed E-state index contributed by atoms with van der Waals surface area (Å²) >= 11 is 3.58. The monoisotopic (exact) mass is 572 g/mol. The van der Waals surface area contributed by atoms with Crippen LogP contribution in [0.25, 0.3) is 0 Å². The summed E-state index contributed by atoms with van der Waals surface area (Å²) in [5.41, 5.74) is 3.97. The van der Waals surface area contributed by atoms with Gasteiger partial charge in [0.25, 0.3) is 0 Å². The first-order valence-corrected chi connectivity index (χ1v) is 12.9. The number of ether oxygens (including phenoxy) is 4. The van der Waals surface area contributed by atoms with Crippen molar-refractivity contribution in [2.75, 3.05) is 50.2 Å². The zero-order valence-electron chi connectivity index (χ0n) is 20.9. The molecule has 0 saturated carbocycles. The fraction of sp³-hybridized carbons (Fsp3) is 0.321. The molecule has 3 aromatic carbocycles. The molecule has 0 aliphatic carbocycles. The summed E-state index contributed by atoms with van der Waals surface area (Å²) in [6.07, 6.45) is 0. The Labute approximate surface area is 224 Å². The summed E-state index contributed by atoms with van der Waals surface area (Å²) in [6, 6.07) is 15.8. The standard InChI is InChI=1S/C28H30BrFN2O5/c1-3-36-28(33)23-16-22(8-9-25(23)32-10-12-35-13-11-32)31-17-20-14-24(29)27(26(15-20)34-2)37-18-19-4-6-21(30)7-5-19/h4-9,14-16,31H,3,10-13,17-18H2,1-2H3. The number of esters is 1. The number of halogens is 2. The summed E-state index contributed by atoms with van der Waals surface area (Å²) in [5, 5.41) is 3.39. The minimum absolute atomic E-state index is 0.277. The number of carbonyl (C=O) groups is 1. The van der Waals surface area contributed by atoms with E-state index in [1.807, 2.05) is 30.3 Å². The predicted molar refractivity (Wildman–Crippen MR) is 144 cm³/mol. The highest BCUT2D eigenvalue weighted by Crippen LogP contribution is 2.37. The maximum atomic E-state index is 13.2. The Hall–Kier alpha value is -3.30. The number of hydrogen-bond acceptors (Lipinski definition) is 7. The molecule has 0 atom stereocenters. The van der Waals surface area contributed by atoms with Gasteiger partial charge in [0.2, 0.25) is 0 Å². The average molecular weight is 573 g/mol. The van der Waals surface area contributed by atoms with Gasteiger partial charge >= 0.3 is 5.97 Å². The van der Waals surface area contributed by atoms with Crippen LogP contribution in [-0.2, 0) is 22.6 Å². The Morgan fingerprint density at radius 1 is 1.08 bits per heavy atom. The number of carbonyl (C=O) groups excluding carboxylic acids is 1. The van der Waals surface area contributed by atoms with Gasteiger partial charge in [0.1, 0.15) is 12.4 Å². The molecule has 1 N–H and O–H groups in total. The predicted octanol–water partition coefficient (Wildman–Crippen LogP) is 5.80. The Balaban J connectivity index is 1.48. The van der Waals surface area contributed by atoms with E-state index in [2.05, 4.69) is 26.1 Å². The second kappa shape index (κ2) is 12.8. The molecule has 0 unspecified atom stereocenters. The first kappa shape index (κ1) is 26.8. The summed E-state index contributed by atoms with van der Waals surface area (Å²) < 4.78 is 36.2. The van der Waals surface area contributed by atoms with Crippen molar-refractivity contribution < 1.29 is 28.1 Å². The van der Waals surface area contributed by atoms with Crippen LogP contribution in [0.4, 0.5) is 15.8 Å². The lowest BCUT2D eigenvalue weighted by Crippen LogP contribution is -2.37. The Morgan fingerprint density at radius 3 is 2.54 bits per heavy atom. The molecule has 0 aromatic heterocycles. The molecule has 1 heterocycles. The first-order chi connectivity index (χ1) is 18.0. The lowest BCUT2D eigenvalue weighted by atomic mass is 10.1. The van der Waals surface area contributed by atoms with E-state index < -0.39 is 0 Å². The maximum absolute atomic E-state index is 13.2. The molecule has 3 aromatic rings. The van der Waals surface area contributed by atoms with E-state index in [-0.39, 0.29) is 18.4 Å². The van der Waals surface area contributed by atoms with Gasteiger partial charge in [-0.15, -0.1) is 0 Å². The molecule has 1 aliphatic heterocycles. The Bertz CT molecular complexity index is 1220. The van der Waals surface area contributed by atoms with Crippen LogP contribution in [0.5, 0.6) is 11.5 Å². The molecule has 7 nitrogen and oxygen atoms in total. The largest absolute Gasteiger partial charge is 0.493 e. The van der Waals surface area contributed by atoms with Crippen LogP contribution in [0.2, 0.25) is 0 Å². The van der Waals surface area contributed by atoms with Gasteiger partial charge in [-0.3, -0.25) is 0 Å². The number of hydrogen-bond donors (Lipinski definition) is 1. The first-order valence-electron chi connectivity index (χ1n) is 12.1. The molecular formula is C28H30BrFN2O5. The third kappa shape index (κ3) is 6.93. The van der Waals surface area contributed by atoms with E-state index in [0.717, 1.165) is 40.1 Å². The van der Waals surface area contributed by atoms with Crippen LogP contribution in [0, 0.1) is 5.82 Å². The molecule has 1 saturated heterocycles. The molecule has 37 heavy (non-hydrogen) atoms. The number of nitrogens with one attached hydrogen (secondary N) is 1. The van der Waals surface area contributed by atoms with Gasteiger partial charge in [0, 0.05) is 25.3 Å². The van der Waals surface area contributed by atoms with Gasteiger partial charge < -0.3 is 29.2 Å². The van der Waals surface area contributed by atoms with E-state index in [1.54, 1.807) is 26.2 Å². The molecule has 1 aliphatic rings. The number of anilines is 2. The Kier molecular flexibility index (Phi) is 9.24. The van der Waals surface area contributed by atoms with Crippen LogP contribution >= 0.6 is 15.9 Å². The fourth-order valence-corrected chi connectivity index (χ4v) is 4.66. The normalized spacial score (nSPS) is 13.2.